The van der Waals surface area contributed by atoms with Gasteiger partial charge >= 0.3 is 5.97 Å². The number of carbonyl (C=O) groups excluding carboxylic acids is 1. The van der Waals surface area contributed by atoms with E-state index in [1.807, 2.05) is 0 Å². The van der Waals surface area contributed by atoms with Crippen molar-refractivity contribution < 1.29 is 17.9 Å². The number of methoxy groups -OCH3 is 1. The first-order valence-electron chi connectivity index (χ1n) is 7.41. The van der Waals surface area contributed by atoms with E-state index in [9.17, 15) is 13.2 Å². The molecule has 2 rings (SSSR count). The van der Waals surface area contributed by atoms with Crippen LogP contribution in [0.2, 0.25) is 0 Å². The number of esters is 1. The van der Waals surface area contributed by atoms with Gasteiger partial charge in [-0.25, -0.2) is 13.2 Å². The zero-order chi connectivity index (χ0) is 17.6. The van der Waals surface area contributed by atoms with Crippen LogP contribution in [0.25, 0.3) is 0 Å². The summed E-state index contributed by atoms with van der Waals surface area (Å²) in [6, 6.07) is 7.58. The van der Waals surface area contributed by atoms with E-state index in [1.165, 1.54) is 28.6 Å². The van der Waals surface area contributed by atoms with Crippen molar-refractivity contribution in [2.45, 2.75) is 24.2 Å². The number of nitrogens with zero attached hydrogens (tertiary/aromatic N) is 3. The van der Waals surface area contributed by atoms with Gasteiger partial charge in [0, 0.05) is 13.1 Å². The second-order valence-corrected chi connectivity index (χ2v) is 7.10. The molecule has 0 bridgehead atoms. The number of nitrogens with one attached hydrogen (secondary N) is 1. The van der Waals surface area contributed by atoms with Crippen LogP contribution in [0.4, 0.5) is 5.69 Å². The molecular weight excluding hydrogens is 332 g/mol. The number of ether oxygens (including phenoxy) is 1. The fourth-order valence-corrected chi connectivity index (χ4v) is 3.81. The lowest BCUT2D eigenvalue weighted by atomic mass is 10.2. The van der Waals surface area contributed by atoms with E-state index in [0.29, 0.717) is 18.8 Å². The average Bonchev–Trinajstić information content (AvgIpc) is 2.63. The first kappa shape index (κ1) is 17.9. The Bertz CT molecular complexity index is 760. The van der Waals surface area contributed by atoms with Gasteiger partial charge in [0.1, 0.15) is 6.07 Å². The Kier molecular flexibility index (Phi) is 5.89. The maximum atomic E-state index is 12.5. The van der Waals surface area contributed by atoms with Crippen molar-refractivity contribution in [3.05, 3.63) is 24.3 Å². The summed E-state index contributed by atoms with van der Waals surface area (Å²) in [5.74, 6) is -0.853. The lowest BCUT2D eigenvalue weighted by Crippen LogP contribution is -2.35. The number of hydrazone groups is 1. The Morgan fingerprint density at radius 3 is 2.42 bits per heavy atom. The van der Waals surface area contributed by atoms with Crippen LogP contribution >= 0.6 is 0 Å². The maximum absolute atomic E-state index is 12.5. The number of sulfonamides is 1. The van der Waals surface area contributed by atoms with Crippen molar-refractivity contribution in [1.82, 2.24) is 4.31 Å². The van der Waals surface area contributed by atoms with Crippen LogP contribution in [0, 0.1) is 11.3 Å². The molecule has 9 heteroatoms. The normalized spacial score (nSPS) is 16.2. The van der Waals surface area contributed by atoms with E-state index in [4.69, 9.17) is 5.26 Å². The molecular formula is C15H18N4O4S. The summed E-state index contributed by atoms with van der Waals surface area (Å²) < 4.78 is 30.9. The Labute approximate surface area is 140 Å². The number of carbonyl (C=O) groups is 1. The molecule has 0 unspecified atom stereocenters. The third-order valence-electron chi connectivity index (χ3n) is 3.59. The molecule has 128 valence electrons. The summed E-state index contributed by atoms with van der Waals surface area (Å²) in [7, 11) is -2.34. The van der Waals surface area contributed by atoms with Crippen LogP contribution in [0.5, 0.6) is 0 Å². The van der Waals surface area contributed by atoms with Gasteiger partial charge in [-0.3, -0.25) is 5.43 Å². The van der Waals surface area contributed by atoms with Crippen LogP contribution in [-0.4, -0.2) is 44.6 Å². The third kappa shape index (κ3) is 4.10. The Morgan fingerprint density at radius 1 is 1.25 bits per heavy atom. The van der Waals surface area contributed by atoms with Crippen LogP contribution in [0.15, 0.2) is 34.3 Å². The highest BCUT2D eigenvalue weighted by Crippen LogP contribution is 2.21. The molecule has 1 saturated heterocycles. The monoisotopic (exact) mass is 350 g/mol. The van der Waals surface area contributed by atoms with Gasteiger partial charge in [0.25, 0.3) is 0 Å². The highest BCUT2D eigenvalue weighted by molar-refractivity contribution is 7.89. The van der Waals surface area contributed by atoms with Gasteiger partial charge in [-0.2, -0.15) is 14.7 Å². The van der Waals surface area contributed by atoms with Crippen molar-refractivity contribution in [3.63, 3.8) is 0 Å². The molecule has 1 aromatic rings. The van der Waals surface area contributed by atoms with Gasteiger partial charge in [-0.05, 0) is 37.1 Å². The summed E-state index contributed by atoms with van der Waals surface area (Å²) in [6.45, 7) is 1.08. The smallest absolute Gasteiger partial charge is 0.369 e. The van der Waals surface area contributed by atoms with E-state index in [2.05, 4.69) is 15.3 Å². The minimum atomic E-state index is -3.49. The van der Waals surface area contributed by atoms with Crippen molar-refractivity contribution in [2.75, 3.05) is 25.6 Å². The number of nitriles is 1. The van der Waals surface area contributed by atoms with E-state index in [-0.39, 0.29) is 4.90 Å². The van der Waals surface area contributed by atoms with Crippen LogP contribution in [0.3, 0.4) is 0 Å². The van der Waals surface area contributed by atoms with Crippen LogP contribution < -0.4 is 5.43 Å². The molecule has 1 heterocycles. The molecule has 0 aliphatic carbocycles. The molecule has 0 aromatic heterocycles. The number of hydrogen-bond acceptors (Lipinski definition) is 7. The highest BCUT2D eigenvalue weighted by atomic mass is 32.2. The lowest BCUT2D eigenvalue weighted by Gasteiger charge is -2.25. The minimum Gasteiger partial charge on any atom is -0.464 e. The molecule has 1 N–H and O–H groups in total. The zero-order valence-electron chi connectivity index (χ0n) is 13.2. The fourth-order valence-electron chi connectivity index (χ4n) is 2.29. The second-order valence-electron chi connectivity index (χ2n) is 5.16. The first-order chi connectivity index (χ1) is 11.5. The Balaban J connectivity index is 2.12. The molecule has 8 nitrogen and oxygen atoms in total. The summed E-state index contributed by atoms with van der Waals surface area (Å²) in [5.41, 5.74) is 2.55. The van der Waals surface area contributed by atoms with Crippen molar-refractivity contribution in [3.8, 4) is 6.07 Å². The number of anilines is 1. The maximum Gasteiger partial charge on any atom is 0.369 e. The van der Waals surface area contributed by atoms with E-state index < -0.39 is 21.7 Å². The molecule has 1 aliphatic rings. The molecule has 1 aromatic carbocycles. The Hall–Kier alpha value is -2.44. The van der Waals surface area contributed by atoms with Gasteiger partial charge in [-0.15, -0.1) is 0 Å². The average molecular weight is 350 g/mol. The second kappa shape index (κ2) is 7.90. The van der Waals surface area contributed by atoms with E-state index in [0.717, 1.165) is 26.4 Å². The minimum absolute atomic E-state index is 0.201. The standard InChI is InChI=1S/C15H18N4O4S/c1-23-15(20)14(11-16)18-17-12-5-7-13(8-6-12)24(21,22)19-9-3-2-4-10-19/h5-8,17H,2-4,9-10H2,1H3/b18-14-. The summed E-state index contributed by atoms with van der Waals surface area (Å²) >= 11 is 0. The number of benzene rings is 1. The predicted octanol–water partition coefficient (Wildman–Crippen LogP) is 1.33. The van der Waals surface area contributed by atoms with Crippen LogP contribution in [0.1, 0.15) is 19.3 Å². The fraction of sp³-hybridized carbons (Fsp3) is 0.400. The highest BCUT2D eigenvalue weighted by Gasteiger charge is 2.25. The van der Waals surface area contributed by atoms with Gasteiger partial charge in [0.05, 0.1) is 17.7 Å². The van der Waals surface area contributed by atoms with Crippen molar-refractivity contribution in [2.24, 2.45) is 5.10 Å². The van der Waals surface area contributed by atoms with E-state index >= 15 is 0 Å². The summed E-state index contributed by atoms with van der Waals surface area (Å²) in [6.07, 6.45) is 2.80. The third-order valence-corrected chi connectivity index (χ3v) is 5.50. The summed E-state index contributed by atoms with van der Waals surface area (Å²) in [5, 5.41) is 12.4. The number of piperidine rings is 1. The number of hydrogen-bond donors (Lipinski definition) is 1. The lowest BCUT2D eigenvalue weighted by molar-refractivity contribution is -0.132. The van der Waals surface area contributed by atoms with E-state index in [1.54, 1.807) is 6.07 Å². The molecule has 1 fully saturated rings. The zero-order valence-corrected chi connectivity index (χ0v) is 14.0. The molecule has 0 amide bonds. The molecule has 24 heavy (non-hydrogen) atoms. The van der Waals surface area contributed by atoms with Gasteiger partial charge in [0.15, 0.2) is 0 Å². The topological polar surface area (TPSA) is 112 Å². The quantitative estimate of drug-likeness (QED) is 0.487. The molecule has 0 spiro atoms. The Morgan fingerprint density at radius 2 is 1.88 bits per heavy atom. The molecule has 1 aliphatic heterocycles. The molecule has 0 radical (unpaired) electrons. The van der Waals surface area contributed by atoms with Gasteiger partial charge in [-0.1, -0.05) is 6.42 Å². The molecule has 0 atom stereocenters. The SMILES string of the molecule is COC(=O)/C(C#N)=N\Nc1ccc(S(=O)(=O)N2CCCCC2)cc1. The van der Waals surface area contributed by atoms with Gasteiger partial charge < -0.3 is 4.74 Å². The van der Waals surface area contributed by atoms with Gasteiger partial charge in [0.2, 0.25) is 15.7 Å². The van der Waals surface area contributed by atoms with Crippen molar-refractivity contribution in [1.29, 1.82) is 5.26 Å². The first-order valence-corrected chi connectivity index (χ1v) is 8.85. The van der Waals surface area contributed by atoms with Crippen molar-refractivity contribution >= 4 is 27.4 Å². The summed E-state index contributed by atoms with van der Waals surface area (Å²) in [4.78, 5) is 11.4. The van der Waals surface area contributed by atoms with Crippen LogP contribution in [-0.2, 0) is 19.6 Å². The number of rotatable bonds is 5. The predicted molar refractivity (Wildman–Crippen MR) is 87.7 cm³/mol. The largest absolute Gasteiger partial charge is 0.464 e. The molecule has 0 saturated carbocycles.